The molecular formula is C27H42O2. The van der Waals surface area contributed by atoms with Crippen molar-refractivity contribution in [1.29, 1.82) is 0 Å². The first-order valence-electron chi connectivity index (χ1n) is 12.1. The zero-order chi connectivity index (χ0) is 20.9. The molecule has 0 aromatic heterocycles. The molecular weight excluding hydrogens is 356 g/mol. The van der Waals surface area contributed by atoms with Crippen LogP contribution in [0.25, 0.3) is 0 Å². The molecule has 3 rings (SSSR count). The van der Waals surface area contributed by atoms with Gasteiger partial charge in [-0.05, 0) is 125 Å². The molecule has 162 valence electrons. The second-order valence-corrected chi connectivity index (χ2v) is 10.4. The van der Waals surface area contributed by atoms with E-state index in [0.717, 1.165) is 37.5 Å². The van der Waals surface area contributed by atoms with Gasteiger partial charge in [0.25, 0.3) is 6.47 Å². The normalized spacial score (nSPS) is 18.5. The summed E-state index contributed by atoms with van der Waals surface area (Å²) in [6.07, 6.45) is 17.7. The number of rotatable bonds is 14. The maximum Gasteiger partial charge on any atom is 0.293 e. The van der Waals surface area contributed by atoms with Crippen molar-refractivity contribution < 1.29 is 9.53 Å². The van der Waals surface area contributed by atoms with Crippen LogP contribution in [0.5, 0.6) is 0 Å². The van der Waals surface area contributed by atoms with Gasteiger partial charge in [-0.15, -0.1) is 0 Å². The molecule has 0 unspecified atom stereocenters. The summed E-state index contributed by atoms with van der Waals surface area (Å²) in [6, 6.07) is 2.42. The van der Waals surface area contributed by atoms with Crippen molar-refractivity contribution in [1.82, 2.24) is 0 Å². The molecule has 2 saturated carbocycles. The van der Waals surface area contributed by atoms with Crippen LogP contribution in [0.1, 0.15) is 112 Å². The van der Waals surface area contributed by atoms with E-state index >= 15 is 0 Å². The van der Waals surface area contributed by atoms with E-state index in [9.17, 15) is 4.79 Å². The van der Waals surface area contributed by atoms with E-state index in [0.29, 0.717) is 6.47 Å². The molecule has 0 amide bonds. The minimum absolute atomic E-state index is 0.0952. The zero-order valence-electron chi connectivity index (χ0n) is 19.4. The van der Waals surface area contributed by atoms with Gasteiger partial charge in [0.2, 0.25) is 0 Å². The molecule has 2 fully saturated rings. The highest BCUT2D eigenvalue weighted by Gasteiger charge is 2.44. The Morgan fingerprint density at radius 1 is 0.862 bits per heavy atom. The average molecular weight is 399 g/mol. The van der Waals surface area contributed by atoms with Crippen LogP contribution in [-0.4, -0.2) is 12.1 Å². The van der Waals surface area contributed by atoms with Gasteiger partial charge in [0, 0.05) is 0 Å². The summed E-state index contributed by atoms with van der Waals surface area (Å²) >= 11 is 0. The molecule has 1 aromatic carbocycles. The third-order valence-corrected chi connectivity index (χ3v) is 7.86. The Bertz CT molecular complexity index is 695. The molecule has 29 heavy (non-hydrogen) atoms. The molecule has 1 aromatic rings. The predicted molar refractivity (Wildman–Crippen MR) is 121 cm³/mol. The van der Waals surface area contributed by atoms with Gasteiger partial charge in [-0.2, -0.15) is 0 Å². The van der Waals surface area contributed by atoms with Crippen LogP contribution in [0.15, 0.2) is 6.07 Å². The average Bonchev–Trinajstić information content (AvgIpc) is 3.61. The monoisotopic (exact) mass is 398 g/mol. The molecule has 0 saturated heterocycles. The standard InChI is InChI=1S/C27H42O2/c1-21-19-24(11-8-10-14-27(17-18-27)29-20-28)23(3)25(22(21)2)12-7-5-6-9-13-26(4)15-16-26/h19-20H,5-18H2,1-4H3. The van der Waals surface area contributed by atoms with Crippen molar-refractivity contribution in [2.75, 3.05) is 0 Å². The van der Waals surface area contributed by atoms with Crippen LogP contribution in [-0.2, 0) is 22.4 Å². The summed E-state index contributed by atoms with van der Waals surface area (Å²) in [5.41, 5.74) is 8.25. The molecule has 0 N–H and O–H groups in total. The number of ether oxygens (including phenoxy) is 1. The van der Waals surface area contributed by atoms with Crippen LogP contribution in [0, 0.1) is 26.2 Å². The summed E-state index contributed by atoms with van der Waals surface area (Å²) in [5, 5.41) is 0. The van der Waals surface area contributed by atoms with Crippen LogP contribution in [0.4, 0.5) is 0 Å². The number of unbranched alkanes of at least 4 members (excludes halogenated alkanes) is 4. The van der Waals surface area contributed by atoms with E-state index in [1.807, 2.05) is 0 Å². The lowest BCUT2D eigenvalue weighted by atomic mass is 9.88. The number of hydrogen-bond acceptors (Lipinski definition) is 2. The molecule has 0 bridgehead atoms. The van der Waals surface area contributed by atoms with E-state index < -0.39 is 0 Å². The summed E-state index contributed by atoms with van der Waals surface area (Å²) in [5.74, 6) is 0. The maximum atomic E-state index is 10.6. The van der Waals surface area contributed by atoms with Gasteiger partial charge >= 0.3 is 0 Å². The summed E-state index contributed by atoms with van der Waals surface area (Å²) in [7, 11) is 0. The minimum Gasteiger partial charge on any atom is -0.461 e. The molecule has 2 heteroatoms. The lowest BCUT2D eigenvalue weighted by molar-refractivity contribution is -0.135. The van der Waals surface area contributed by atoms with Gasteiger partial charge in [0.05, 0.1) is 0 Å². The zero-order valence-corrected chi connectivity index (χ0v) is 19.4. The van der Waals surface area contributed by atoms with Crippen LogP contribution in [0.3, 0.4) is 0 Å². The van der Waals surface area contributed by atoms with Gasteiger partial charge in [-0.3, -0.25) is 4.79 Å². The lowest BCUT2D eigenvalue weighted by Crippen LogP contribution is -2.12. The number of carbonyl (C=O) groups excluding carboxylic acids is 1. The van der Waals surface area contributed by atoms with Crippen molar-refractivity contribution in [2.45, 2.75) is 123 Å². The van der Waals surface area contributed by atoms with Crippen molar-refractivity contribution in [3.8, 4) is 0 Å². The second kappa shape index (κ2) is 9.67. The third-order valence-electron chi connectivity index (χ3n) is 7.86. The third kappa shape index (κ3) is 6.33. The Hall–Kier alpha value is -1.31. The number of hydrogen-bond donors (Lipinski definition) is 0. The topological polar surface area (TPSA) is 26.3 Å². The number of benzene rings is 1. The highest BCUT2D eigenvalue weighted by Crippen LogP contribution is 2.49. The Morgan fingerprint density at radius 3 is 2.17 bits per heavy atom. The molecule has 0 aliphatic heterocycles. The first kappa shape index (κ1) is 22.4. The van der Waals surface area contributed by atoms with Crippen molar-refractivity contribution in [3.05, 3.63) is 33.9 Å². The predicted octanol–water partition coefficient (Wildman–Crippen LogP) is 7.32. The highest BCUT2D eigenvalue weighted by atomic mass is 16.5. The fraction of sp³-hybridized carbons (Fsp3) is 0.741. The quantitative estimate of drug-likeness (QED) is 0.242. The van der Waals surface area contributed by atoms with Crippen LogP contribution in [0.2, 0.25) is 0 Å². The van der Waals surface area contributed by atoms with E-state index in [1.165, 1.54) is 80.0 Å². The number of carbonyl (C=O) groups is 1. The molecule has 0 heterocycles. The molecule has 2 nitrogen and oxygen atoms in total. The molecule has 2 aliphatic rings. The first-order valence-corrected chi connectivity index (χ1v) is 12.1. The van der Waals surface area contributed by atoms with E-state index in [-0.39, 0.29) is 5.60 Å². The Labute approximate surface area is 178 Å². The lowest BCUT2D eigenvalue weighted by Gasteiger charge is -2.18. The minimum atomic E-state index is -0.0952. The highest BCUT2D eigenvalue weighted by molar-refractivity contribution is 5.44. The molecule has 0 radical (unpaired) electrons. The van der Waals surface area contributed by atoms with Crippen LogP contribution < -0.4 is 0 Å². The first-order chi connectivity index (χ1) is 13.9. The molecule has 0 spiro atoms. The fourth-order valence-corrected chi connectivity index (χ4v) is 4.93. The number of aryl methyl sites for hydroxylation is 2. The SMILES string of the molecule is Cc1cc(CCCCC2(OC=O)CC2)c(C)c(CCCCCCC2(C)CC2)c1C. The summed E-state index contributed by atoms with van der Waals surface area (Å²) < 4.78 is 5.28. The Balaban J connectivity index is 1.44. The van der Waals surface area contributed by atoms with Gasteiger partial charge in [-0.25, -0.2) is 0 Å². The smallest absolute Gasteiger partial charge is 0.293 e. The Kier molecular flexibility index (Phi) is 7.46. The Morgan fingerprint density at radius 2 is 1.52 bits per heavy atom. The summed E-state index contributed by atoms with van der Waals surface area (Å²) in [6.45, 7) is 10.0. The van der Waals surface area contributed by atoms with Crippen molar-refractivity contribution >= 4 is 6.47 Å². The van der Waals surface area contributed by atoms with Crippen molar-refractivity contribution in [3.63, 3.8) is 0 Å². The second-order valence-electron chi connectivity index (χ2n) is 10.4. The van der Waals surface area contributed by atoms with E-state index in [1.54, 1.807) is 5.56 Å². The molecule has 2 aliphatic carbocycles. The van der Waals surface area contributed by atoms with Gasteiger partial charge in [0.15, 0.2) is 0 Å². The van der Waals surface area contributed by atoms with E-state index in [4.69, 9.17) is 4.74 Å². The fourth-order valence-electron chi connectivity index (χ4n) is 4.93. The molecule has 0 atom stereocenters. The van der Waals surface area contributed by atoms with Crippen molar-refractivity contribution in [2.24, 2.45) is 5.41 Å². The van der Waals surface area contributed by atoms with Gasteiger partial charge < -0.3 is 4.74 Å². The summed E-state index contributed by atoms with van der Waals surface area (Å²) in [4.78, 5) is 10.6. The van der Waals surface area contributed by atoms with Gasteiger partial charge in [0.1, 0.15) is 5.60 Å². The maximum absolute atomic E-state index is 10.6. The van der Waals surface area contributed by atoms with E-state index in [2.05, 4.69) is 33.8 Å². The van der Waals surface area contributed by atoms with Gasteiger partial charge in [-0.1, -0.05) is 32.3 Å². The largest absolute Gasteiger partial charge is 0.461 e. The van der Waals surface area contributed by atoms with Crippen LogP contribution >= 0.6 is 0 Å².